The summed E-state index contributed by atoms with van der Waals surface area (Å²) in [6.45, 7) is -0.150. The zero-order valence-corrected chi connectivity index (χ0v) is 12.3. The lowest BCUT2D eigenvalue weighted by Gasteiger charge is -2.29. The van der Waals surface area contributed by atoms with Gasteiger partial charge in [-0.15, -0.1) is 0 Å². The third kappa shape index (κ3) is 4.63. The van der Waals surface area contributed by atoms with Crippen LogP contribution < -0.4 is 10.1 Å². The summed E-state index contributed by atoms with van der Waals surface area (Å²) in [5.74, 6) is -1.16. The van der Waals surface area contributed by atoms with Gasteiger partial charge in [-0.05, 0) is 31.0 Å². The molecule has 1 saturated carbocycles. The van der Waals surface area contributed by atoms with E-state index in [2.05, 4.69) is 5.32 Å². The molecule has 0 radical (unpaired) electrons. The maximum Gasteiger partial charge on any atom is 0.308 e. The Balaban J connectivity index is 1.84. The van der Waals surface area contributed by atoms with E-state index in [4.69, 9.17) is 21.4 Å². The molecular formula is C15H18ClNO4. The second kappa shape index (κ2) is 7.31. The van der Waals surface area contributed by atoms with Gasteiger partial charge in [-0.1, -0.05) is 30.5 Å². The molecule has 1 aromatic rings. The Morgan fingerprint density at radius 2 is 2.10 bits per heavy atom. The first-order valence-electron chi connectivity index (χ1n) is 6.97. The number of nitrogens with one attached hydrogen (secondary N) is 1. The summed E-state index contributed by atoms with van der Waals surface area (Å²) in [6, 6.07) is 6.47. The minimum absolute atomic E-state index is 0.150. The van der Waals surface area contributed by atoms with E-state index in [1.165, 1.54) is 0 Å². The van der Waals surface area contributed by atoms with Crippen LogP contribution in [0, 0.1) is 5.92 Å². The standard InChI is InChI=1S/C15H18ClNO4/c16-10-4-3-5-11(8-10)21-9-14(18)17-13-7-2-1-6-12(13)15(19)20/h3-5,8,12-13H,1-2,6-7,9H2,(H,17,18)(H,19,20). The van der Waals surface area contributed by atoms with Crippen molar-refractivity contribution in [3.05, 3.63) is 29.3 Å². The molecule has 2 rings (SSSR count). The van der Waals surface area contributed by atoms with E-state index >= 15 is 0 Å². The lowest BCUT2D eigenvalue weighted by atomic mass is 9.84. The van der Waals surface area contributed by atoms with Gasteiger partial charge in [0.15, 0.2) is 6.61 Å². The summed E-state index contributed by atoms with van der Waals surface area (Å²) < 4.78 is 5.34. The first kappa shape index (κ1) is 15.6. The van der Waals surface area contributed by atoms with Crippen molar-refractivity contribution in [1.82, 2.24) is 5.32 Å². The van der Waals surface area contributed by atoms with E-state index < -0.39 is 11.9 Å². The van der Waals surface area contributed by atoms with Crippen molar-refractivity contribution in [2.24, 2.45) is 5.92 Å². The van der Waals surface area contributed by atoms with E-state index in [1.54, 1.807) is 24.3 Å². The molecule has 1 fully saturated rings. The van der Waals surface area contributed by atoms with Crippen LogP contribution in [0.4, 0.5) is 0 Å². The summed E-state index contributed by atoms with van der Waals surface area (Å²) in [4.78, 5) is 23.0. The molecule has 0 spiro atoms. The third-order valence-corrected chi connectivity index (χ3v) is 3.83. The van der Waals surface area contributed by atoms with Gasteiger partial charge in [-0.25, -0.2) is 0 Å². The first-order chi connectivity index (χ1) is 10.1. The van der Waals surface area contributed by atoms with Crippen molar-refractivity contribution < 1.29 is 19.4 Å². The van der Waals surface area contributed by atoms with Gasteiger partial charge in [-0.2, -0.15) is 0 Å². The van der Waals surface area contributed by atoms with Gasteiger partial charge in [0.05, 0.1) is 5.92 Å². The van der Waals surface area contributed by atoms with Crippen LogP contribution in [0.15, 0.2) is 24.3 Å². The van der Waals surface area contributed by atoms with Gasteiger partial charge < -0.3 is 15.2 Å². The van der Waals surface area contributed by atoms with E-state index in [-0.39, 0.29) is 18.6 Å². The number of hydrogen-bond donors (Lipinski definition) is 2. The van der Waals surface area contributed by atoms with Gasteiger partial charge in [0.25, 0.3) is 5.91 Å². The lowest BCUT2D eigenvalue weighted by Crippen LogP contribution is -2.46. The molecular weight excluding hydrogens is 294 g/mol. The topological polar surface area (TPSA) is 75.6 Å². The zero-order chi connectivity index (χ0) is 15.2. The summed E-state index contributed by atoms with van der Waals surface area (Å²) in [7, 11) is 0. The molecule has 0 aromatic heterocycles. The molecule has 1 aliphatic carbocycles. The van der Waals surface area contributed by atoms with Crippen molar-refractivity contribution in [1.29, 1.82) is 0 Å². The Labute approximate surface area is 128 Å². The maximum atomic E-state index is 11.9. The summed E-state index contributed by atoms with van der Waals surface area (Å²) in [5, 5.41) is 12.5. The molecule has 0 saturated heterocycles. The fourth-order valence-corrected chi connectivity index (χ4v) is 2.73. The maximum absolute atomic E-state index is 11.9. The average molecular weight is 312 g/mol. The number of ether oxygens (including phenoxy) is 1. The number of halogens is 1. The van der Waals surface area contributed by atoms with Crippen LogP contribution in [-0.4, -0.2) is 29.6 Å². The molecule has 0 heterocycles. The predicted molar refractivity (Wildman–Crippen MR) is 78.5 cm³/mol. The molecule has 114 valence electrons. The third-order valence-electron chi connectivity index (χ3n) is 3.60. The number of carbonyl (C=O) groups is 2. The SMILES string of the molecule is O=C(COc1cccc(Cl)c1)NC1CCCCC1C(=O)O. The number of aliphatic carboxylic acids is 1. The van der Waals surface area contributed by atoms with Gasteiger partial charge in [0, 0.05) is 11.1 Å². The Hall–Kier alpha value is -1.75. The van der Waals surface area contributed by atoms with E-state index in [9.17, 15) is 9.59 Å². The number of benzene rings is 1. The van der Waals surface area contributed by atoms with Crippen LogP contribution in [0.5, 0.6) is 5.75 Å². The molecule has 0 aliphatic heterocycles. The average Bonchev–Trinajstić information content (AvgIpc) is 2.45. The number of carboxylic acid groups (broad SMARTS) is 1. The normalized spacial score (nSPS) is 21.6. The van der Waals surface area contributed by atoms with Gasteiger partial charge in [-0.3, -0.25) is 9.59 Å². The summed E-state index contributed by atoms with van der Waals surface area (Å²) in [6.07, 6.45) is 3.13. The number of amides is 1. The highest BCUT2D eigenvalue weighted by molar-refractivity contribution is 6.30. The van der Waals surface area contributed by atoms with E-state index in [1.807, 2.05) is 0 Å². The predicted octanol–water partition coefficient (Wildman–Crippen LogP) is 2.48. The van der Waals surface area contributed by atoms with Crippen LogP contribution in [0.25, 0.3) is 0 Å². The van der Waals surface area contributed by atoms with Crippen molar-refractivity contribution in [3.63, 3.8) is 0 Å². The molecule has 1 aromatic carbocycles. The van der Waals surface area contributed by atoms with Crippen molar-refractivity contribution in [2.75, 3.05) is 6.61 Å². The quantitative estimate of drug-likeness (QED) is 0.876. The van der Waals surface area contributed by atoms with Crippen molar-refractivity contribution in [3.8, 4) is 5.75 Å². The highest BCUT2D eigenvalue weighted by Gasteiger charge is 2.31. The molecule has 2 N–H and O–H groups in total. The number of hydrogen-bond acceptors (Lipinski definition) is 3. The molecule has 1 aliphatic rings. The first-order valence-corrected chi connectivity index (χ1v) is 7.34. The van der Waals surface area contributed by atoms with Crippen LogP contribution in [0.2, 0.25) is 5.02 Å². The second-order valence-corrected chi connectivity index (χ2v) is 5.59. The van der Waals surface area contributed by atoms with Crippen LogP contribution in [0.3, 0.4) is 0 Å². The van der Waals surface area contributed by atoms with Gasteiger partial charge >= 0.3 is 5.97 Å². The number of carbonyl (C=O) groups excluding carboxylic acids is 1. The lowest BCUT2D eigenvalue weighted by molar-refractivity contribution is -0.144. The molecule has 2 unspecified atom stereocenters. The monoisotopic (exact) mass is 311 g/mol. The molecule has 6 heteroatoms. The van der Waals surface area contributed by atoms with E-state index in [0.29, 0.717) is 23.6 Å². The fraction of sp³-hybridized carbons (Fsp3) is 0.467. The molecule has 0 bridgehead atoms. The Kier molecular flexibility index (Phi) is 5.44. The summed E-state index contributed by atoms with van der Waals surface area (Å²) in [5.41, 5.74) is 0. The molecule has 1 amide bonds. The number of carboxylic acids is 1. The highest BCUT2D eigenvalue weighted by Crippen LogP contribution is 2.24. The van der Waals surface area contributed by atoms with E-state index in [0.717, 1.165) is 12.8 Å². The molecule has 21 heavy (non-hydrogen) atoms. The van der Waals surface area contributed by atoms with Crippen LogP contribution >= 0.6 is 11.6 Å². The highest BCUT2D eigenvalue weighted by atomic mass is 35.5. The zero-order valence-electron chi connectivity index (χ0n) is 11.5. The molecule has 2 atom stereocenters. The van der Waals surface area contributed by atoms with Crippen molar-refractivity contribution in [2.45, 2.75) is 31.7 Å². The number of rotatable bonds is 5. The second-order valence-electron chi connectivity index (χ2n) is 5.15. The molecule has 5 nitrogen and oxygen atoms in total. The largest absolute Gasteiger partial charge is 0.484 e. The van der Waals surface area contributed by atoms with Crippen LogP contribution in [-0.2, 0) is 9.59 Å². The Morgan fingerprint density at radius 3 is 2.81 bits per heavy atom. The van der Waals surface area contributed by atoms with Gasteiger partial charge in [0.2, 0.25) is 0 Å². The van der Waals surface area contributed by atoms with Crippen LogP contribution in [0.1, 0.15) is 25.7 Å². The minimum Gasteiger partial charge on any atom is -0.484 e. The van der Waals surface area contributed by atoms with Gasteiger partial charge in [0.1, 0.15) is 5.75 Å². The minimum atomic E-state index is -0.851. The Bertz CT molecular complexity index is 520. The van der Waals surface area contributed by atoms with Crippen molar-refractivity contribution >= 4 is 23.5 Å². The smallest absolute Gasteiger partial charge is 0.308 e. The summed E-state index contributed by atoms with van der Waals surface area (Å²) >= 11 is 5.82. The fourth-order valence-electron chi connectivity index (χ4n) is 2.55. The Morgan fingerprint density at radius 1 is 1.33 bits per heavy atom.